The summed E-state index contributed by atoms with van der Waals surface area (Å²) in [6.07, 6.45) is 1.06. The molecule has 1 atom stereocenters. The van der Waals surface area contributed by atoms with Crippen molar-refractivity contribution in [2.75, 3.05) is 13.1 Å². The minimum absolute atomic E-state index is 0.298. The Hall–Kier alpha value is -0.940. The molecule has 0 amide bonds. The average Bonchev–Trinajstić information content (AvgIpc) is 2.76. The van der Waals surface area contributed by atoms with E-state index in [1.165, 1.54) is 0 Å². The second-order valence-corrected chi connectivity index (χ2v) is 4.49. The molecule has 2 heterocycles. The summed E-state index contributed by atoms with van der Waals surface area (Å²) in [6.45, 7) is 6.81. The van der Waals surface area contributed by atoms with Crippen molar-refractivity contribution in [2.45, 2.75) is 38.8 Å². The fourth-order valence-corrected chi connectivity index (χ4v) is 1.77. The van der Waals surface area contributed by atoms with E-state index in [0.717, 1.165) is 31.9 Å². The zero-order chi connectivity index (χ0) is 10.8. The van der Waals surface area contributed by atoms with Crippen molar-refractivity contribution in [1.82, 2.24) is 15.0 Å². The molecule has 84 valence electrons. The van der Waals surface area contributed by atoms with Crippen molar-refractivity contribution in [1.29, 1.82) is 0 Å². The quantitative estimate of drug-likeness (QED) is 0.796. The van der Waals surface area contributed by atoms with Crippen LogP contribution in [-0.4, -0.2) is 34.2 Å². The maximum atomic E-state index is 5.83. The number of hydrogen-bond acceptors (Lipinski definition) is 5. The maximum Gasteiger partial charge on any atom is 0.229 e. The predicted molar refractivity (Wildman–Crippen MR) is 56.3 cm³/mol. The number of likely N-dealkylation sites (tertiary alicyclic amines) is 1. The highest BCUT2D eigenvalue weighted by Crippen LogP contribution is 2.14. The molecule has 1 saturated heterocycles. The second kappa shape index (κ2) is 4.28. The predicted octanol–water partition coefficient (Wildman–Crippen LogP) is 0.726. The first-order chi connectivity index (χ1) is 7.15. The number of nitrogens with two attached hydrogens (primary N) is 1. The highest BCUT2D eigenvalue weighted by atomic mass is 16.5. The van der Waals surface area contributed by atoms with Crippen LogP contribution in [0.4, 0.5) is 0 Å². The Balaban J connectivity index is 1.93. The molecule has 15 heavy (non-hydrogen) atoms. The van der Waals surface area contributed by atoms with Gasteiger partial charge in [-0.05, 0) is 6.42 Å². The molecule has 1 aromatic heterocycles. The fourth-order valence-electron chi connectivity index (χ4n) is 1.77. The molecule has 2 rings (SSSR count). The SMILES string of the molecule is CC(C)c1nc(CN2CC[C@@H](N)C2)no1. The fraction of sp³-hybridized carbons (Fsp3) is 0.800. The Bertz CT molecular complexity index is 323. The molecule has 1 aliphatic rings. The molecule has 0 saturated carbocycles. The summed E-state index contributed by atoms with van der Waals surface area (Å²) in [7, 11) is 0. The number of nitrogens with zero attached hydrogens (tertiary/aromatic N) is 3. The summed E-state index contributed by atoms with van der Waals surface area (Å²) in [6, 6.07) is 0.307. The zero-order valence-corrected chi connectivity index (χ0v) is 9.31. The van der Waals surface area contributed by atoms with E-state index in [0.29, 0.717) is 17.9 Å². The highest BCUT2D eigenvalue weighted by Gasteiger charge is 2.21. The van der Waals surface area contributed by atoms with Gasteiger partial charge in [0.05, 0.1) is 6.54 Å². The van der Waals surface area contributed by atoms with Crippen molar-refractivity contribution in [2.24, 2.45) is 5.73 Å². The normalized spacial score (nSPS) is 22.8. The number of rotatable bonds is 3. The first-order valence-electron chi connectivity index (χ1n) is 5.45. The summed E-state index contributed by atoms with van der Waals surface area (Å²) >= 11 is 0. The van der Waals surface area contributed by atoms with Gasteiger partial charge in [-0.25, -0.2) is 0 Å². The monoisotopic (exact) mass is 210 g/mol. The Labute approximate surface area is 89.6 Å². The molecule has 5 nitrogen and oxygen atoms in total. The second-order valence-electron chi connectivity index (χ2n) is 4.49. The van der Waals surface area contributed by atoms with Gasteiger partial charge in [0.1, 0.15) is 0 Å². The van der Waals surface area contributed by atoms with Crippen LogP contribution >= 0.6 is 0 Å². The van der Waals surface area contributed by atoms with E-state index >= 15 is 0 Å². The van der Waals surface area contributed by atoms with Crippen LogP contribution in [0.3, 0.4) is 0 Å². The number of aromatic nitrogens is 2. The van der Waals surface area contributed by atoms with Gasteiger partial charge in [0, 0.05) is 25.0 Å². The standard InChI is InChI=1S/C10H18N4O/c1-7(2)10-12-9(13-15-10)6-14-4-3-8(11)5-14/h7-8H,3-6,11H2,1-2H3/t8-/m1/s1. The van der Waals surface area contributed by atoms with Gasteiger partial charge >= 0.3 is 0 Å². The Morgan fingerprint density at radius 2 is 2.40 bits per heavy atom. The minimum Gasteiger partial charge on any atom is -0.339 e. The molecule has 1 aromatic rings. The van der Waals surface area contributed by atoms with E-state index in [-0.39, 0.29) is 0 Å². The minimum atomic E-state index is 0.298. The summed E-state index contributed by atoms with van der Waals surface area (Å²) in [4.78, 5) is 6.60. The van der Waals surface area contributed by atoms with Gasteiger partial charge in [-0.2, -0.15) is 4.98 Å². The third-order valence-electron chi connectivity index (χ3n) is 2.65. The first-order valence-corrected chi connectivity index (χ1v) is 5.45. The lowest BCUT2D eigenvalue weighted by Gasteiger charge is -2.11. The van der Waals surface area contributed by atoms with Crippen molar-refractivity contribution < 1.29 is 4.52 Å². The molecule has 0 aromatic carbocycles. The Kier molecular flexibility index (Phi) is 3.02. The van der Waals surface area contributed by atoms with Crippen molar-refractivity contribution in [3.8, 4) is 0 Å². The van der Waals surface area contributed by atoms with Gasteiger partial charge in [-0.15, -0.1) is 0 Å². The molecule has 2 N–H and O–H groups in total. The lowest BCUT2D eigenvalue weighted by molar-refractivity contribution is 0.305. The topological polar surface area (TPSA) is 68.2 Å². The summed E-state index contributed by atoms with van der Waals surface area (Å²) in [5.41, 5.74) is 5.83. The van der Waals surface area contributed by atoms with Crippen LogP contribution in [0.1, 0.15) is 37.9 Å². The summed E-state index contributed by atoms with van der Waals surface area (Å²) in [5.74, 6) is 1.79. The molecule has 0 unspecified atom stereocenters. The van der Waals surface area contributed by atoms with Gasteiger partial charge in [0.2, 0.25) is 5.89 Å². The first kappa shape index (κ1) is 10.6. The third-order valence-corrected chi connectivity index (χ3v) is 2.65. The lowest BCUT2D eigenvalue weighted by atomic mass is 10.2. The van der Waals surface area contributed by atoms with Gasteiger partial charge in [-0.1, -0.05) is 19.0 Å². The molecular weight excluding hydrogens is 192 g/mol. The molecule has 0 radical (unpaired) electrons. The third kappa shape index (κ3) is 2.54. The van der Waals surface area contributed by atoms with E-state index in [4.69, 9.17) is 10.3 Å². The van der Waals surface area contributed by atoms with Crippen molar-refractivity contribution >= 4 is 0 Å². The van der Waals surface area contributed by atoms with E-state index in [1.807, 2.05) is 13.8 Å². The molecule has 0 bridgehead atoms. The van der Waals surface area contributed by atoms with Gasteiger partial charge < -0.3 is 10.3 Å². The average molecular weight is 210 g/mol. The van der Waals surface area contributed by atoms with Crippen LogP contribution in [0.5, 0.6) is 0 Å². The Morgan fingerprint density at radius 3 is 2.93 bits per heavy atom. The van der Waals surface area contributed by atoms with E-state index in [9.17, 15) is 0 Å². The molecular formula is C10H18N4O. The van der Waals surface area contributed by atoms with Crippen LogP contribution in [0.25, 0.3) is 0 Å². The van der Waals surface area contributed by atoms with Crippen LogP contribution in [0, 0.1) is 0 Å². The van der Waals surface area contributed by atoms with E-state index < -0.39 is 0 Å². The molecule has 0 aliphatic carbocycles. The molecule has 1 fully saturated rings. The van der Waals surface area contributed by atoms with Crippen molar-refractivity contribution in [3.05, 3.63) is 11.7 Å². The van der Waals surface area contributed by atoms with Gasteiger partial charge in [-0.3, -0.25) is 4.90 Å². The summed E-state index contributed by atoms with van der Waals surface area (Å²) in [5, 5.41) is 3.96. The van der Waals surface area contributed by atoms with E-state index in [1.54, 1.807) is 0 Å². The van der Waals surface area contributed by atoms with E-state index in [2.05, 4.69) is 15.0 Å². The molecule has 0 spiro atoms. The van der Waals surface area contributed by atoms with Crippen LogP contribution in [-0.2, 0) is 6.54 Å². The van der Waals surface area contributed by atoms with Gasteiger partial charge in [0.25, 0.3) is 0 Å². The highest BCUT2D eigenvalue weighted by molar-refractivity contribution is 4.92. The van der Waals surface area contributed by atoms with Gasteiger partial charge in [0.15, 0.2) is 5.82 Å². The number of hydrogen-bond donors (Lipinski definition) is 1. The smallest absolute Gasteiger partial charge is 0.229 e. The molecule has 1 aliphatic heterocycles. The van der Waals surface area contributed by atoms with Crippen LogP contribution in [0.2, 0.25) is 0 Å². The largest absolute Gasteiger partial charge is 0.339 e. The summed E-state index contributed by atoms with van der Waals surface area (Å²) < 4.78 is 5.14. The molecule has 5 heteroatoms. The van der Waals surface area contributed by atoms with Crippen LogP contribution in [0.15, 0.2) is 4.52 Å². The van der Waals surface area contributed by atoms with Crippen molar-refractivity contribution in [3.63, 3.8) is 0 Å². The zero-order valence-electron chi connectivity index (χ0n) is 9.31. The maximum absolute atomic E-state index is 5.83. The Morgan fingerprint density at radius 1 is 1.60 bits per heavy atom. The lowest BCUT2D eigenvalue weighted by Crippen LogP contribution is -2.26. The van der Waals surface area contributed by atoms with Crippen LogP contribution < -0.4 is 5.73 Å².